The summed E-state index contributed by atoms with van der Waals surface area (Å²) in [5.41, 5.74) is -0.00813. The van der Waals surface area contributed by atoms with Gasteiger partial charge in [0.05, 0.1) is 16.4 Å². The molecule has 1 aromatic carbocycles. The molecular weight excluding hydrogens is 336 g/mol. The fourth-order valence-electron chi connectivity index (χ4n) is 2.94. The molecule has 1 saturated carbocycles. The lowest BCUT2D eigenvalue weighted by molar-refractivity contribution is -0.384. The van der Waals surface area contributed by atoms with Crippen molar-refractivity contribution in [1.82, 2.24) is 4.90 Å². The quantitative estimate of drug-likeness (QED) is 0.602. The van der Waals surface area contributed by atoms with Gasteiger partial charge in [-0.2, -0.15) is 0 Å². The fourth-order valence-corrected chi connectivity index (χ4v) is 3.47. The van der Waals surface area contributed by atoms with Crippen LogP contribution in [0.15, 0.2) is 23.1 Å². The Balaban J connectivity index is 1.88. The second kappa shape index (κ2) is 6.28. The summed E-state index contributed by atoms with van der Waals surface area (Å²) in [5.74, 6) is 0. The van der Waals surface area contributed by atoms with E-state index in [9.17, 15) is 18.5 Å². The van der Waals surface area contributed by atoms with E-state index in [4.69, 9.17) is 9.88 Å². The molecule has 2 aliphatic rings. The van der Waals surface area contributed by atoms with Gasteiger partial charge in [0.15, 0.2) is 0 Å². The maximum Gasteiger partial charge on any atom is 0.293 e. The molecule has 24 heavy (non-hydrogen) atoms. The molecule has 0 aromatic heterocycles. The molecule has 3 rings (SSSR count). The largest absolute Gasteiger partial charge is 0.356 e. The molecule has 1 saturated heterocycles. The minimum Gasteiger partial charge on any atom is -0.356 e. The van der Waals surface area contributed by atoms with E-state index in [1.54, 1.807) is 11.9 Å². The third kappa shape index (κ3) is 3.51. The second-order valence-electron chi connectivity index (χ2n) is 6.12. The number of nitro benzene ring substituents is 1. The first-order chi connectivity index (χ1) is 11.3. The number of rotatable bonds is 5. The van der Waals surface area contributed by atoms with Crippen molar-refractivity contribution in [2.45, 2.75) is 30.0 Å². The van der Waals surface area contributed by atoms with Crippen LogP contribution in [0.2, 0.25) is 0 Å². The first kappa shape index (κ1) is 17.1. The molecule has 0 amide bonds. The first-order valence-electron chi connectivity index (χ1n) is 7.67. The number of likely N-dealkylation sites (N-methyl/N-ethyl adjacent to an activating group) is 1. The zero-order chi connectivity index (χ0) is 17.5. The Hall–Kier alpha value is -1.75. The predicted molar refractivity (Wildman–Crippen MR) is 87.2 cm³/mol. The molecule has 2 N–H and O–H groups in total. The minimum atomic E-state index is -4.00. The Morgan fingerprint density at radius 1 is 1.42 bits per heavy atom. The van der Waals surface area contributed by atoms with Crippen molar-refractivity contribution in [3.63, 3.8) is 0 Å². The number of anilines is 1. The van der Waals surface area contributed by atoms with E-state index in [2.05, 4.69) is 4.90 Å². The Bertz CT molecular complexity index is 750. The summed E-state index contributed by atoms with van der Waals surface area (Å²) in [7, 11) is -2.29. The molecule has 1 atom stereocenters. The summed E-state index contributed by atoms with van der Waals surface area (Å²) in [6.45, 7) is 2.09. The third-order valence-corrected chi connectivity index (χ3v) is 5.34. The molecule has 9 nitrogen and oxygen atoms in total. The number of nitro groups is 1. The summed E-state index contributed by atoms with van der Waals surface area (Å²) < 4.78 is 28.6. The lowest BCUT2D eigenvalue weighted by atomic mass is 10.2. The van der Waals surface area contributed by atoms with Crippen molar-refractivity contribution in [2.75, 3.05) is 31.6 Å². The van der Waals surface area contributed by atoms with Gasteiger partial charge >= 0.3 is 0 Å². The standard InChI is InChI=1S/C14H20N4O5S/c1-16(14-9-17(6-7-23-14)10-2-3-10)12-5-4-11(24(15,21)22)8-13(12)18(19)20/h4-5,8,10,14H,2-3,6-7,9H2,1H3,(H2,15,21,22)/t14-/m0/s1. The zero-order valence-electron chi connectivity index (χ0n) is 13.3. The second-order valence-corrected chi connectivity index (χ2v) is 7.68. The van der Waals surface area contributed by atoms with Crippen LogP contribution in [-0.2, 0) is 14.8 Å². The maximum absolute atomic E-state index is 11.4. The normalized spacial score (nSPS) is 22.3. The lowest BCUT2D eigenvalue weighted by Gasteiger charge is -2.38. The number of primary sulfonamides is 1. The van der Waals surface area contributed by atoms with Gasteiger partial charge in [-0.05, 0) is 25.0 Å². The van der Waals surface area contributed by atoms with Crippen LogP contribution in [-0.4, -0.2) is 57.3 Å². The molecule has 0 unspecified atom stereocenters. The van der Waals surface area contributed by atoms with Crippen LogP contribution < -0.4 is 10.0 Å². The average molecular weight is 356 g/mol. The van der Waals surface area contributed by atoms with Gasteiger partial charge in [-0.1, -0.05) is 0 Å². The van der Waals surface area contributed by atoms with Gasteiger partial charge in [0.25, 0.3) is 5.69 Å². The summed E-state index contributed by atoms with van der Waals surface area (Å²) in [6, 6.07) is 4.25. The van der Waals surface area contributed by atoms with E-state index in [1.807, 2.05) is 0 Å². The zero-order valence-corrected chi connectivity index (χ0v) is 14.1. The SMILES string of the molecule is CN(c1ccc(S(N)(=O)=O)cc1[N+](=O)[O-])[C@@H]1CN(C2CC2)CCO1. The van der Waals surface area contributed by atoms with Gasteiger partial charge in [0.1, 0.15) is 11.9 Å². The topological polar surface area (TPSA) is 119 Å². The molecule has 1 aliphatic carbocycles. The highest BCUT2D eigenvalue weighted by atomic mass is 32.2. The van der Waals surface area contributed by atoms with Gasteiger partial charge in [-0.25, -0.2) is 13.6 Å². The fraction of sp³-hybridized carbons (Fsp3) is 0.571. The summed E-state index contributed by atoms with van der Waals surface area (Å²) in [5, 5.41) is 16.4. The Kier molecular flexibility index (Phi) is 4.47. The number of ether oxygens (including phenoxy) is 1. The molecule has 2 fully saturated rings. The number of sulfonamides is 1. The molecule has 1 heterocycles. The number of nitrogens with zero attached hydrogens (tertiary/aromatic N) is 3. The monoisotopic (exact) mass is 356 g/mol. The van der Waals surface area contributed by atoms with Crippen LogP contribution in [0.5, 0.6) is 0 Å². The van der Waals surface area contributed by atoms with Crippen molar-refractivity contribution in [3.05, 3.63) is 28.3 Å². The van der Waals surface area contributed by atoms with Crippen LogP contribution in [0.25, 0.3) is 0 Å². The summed E-state index contributed by atoms with van der Waals surface area (Å²) in [6.07, 6.45) is 2.04. The van der Waals surface area contributed by atoms with Gasteiger partial charge < -0.3 is 9.64 Å². The highest BCUT2D eigenvalue weighted by Crippen LogP contribution is 2.33. The van der Waals surface area contributed by atoms with Crippen molar-refractivity contribution >= 4 is 21.4 Å². The van der Waals surface area contributed by atoms with Gasteiger partial charge in [0.2, 0.25) is 10.0 Å². The molecule has 0 radical (unpaired) electrons. The van der Waals surface area contributed by atoms with E-state index in [1.165, 1.54) is 25.0 Å². The van der Waals surface area contributed by atoms with Crippen LogP contribution >= 0.6 is 0 Å². The van der Waals surface area contributed by atoms with E-state index >= 15 is 0 Å². The summed E-state index contributed by atoms with van der Waals surface area (Å²) in [4.78, 5) is 14.5. The van der Waals surface area contributed by atoms with Crippen molar-refractivity contribution in [2.24, 2.45) is 5.14 Å². The van der Waals surface area contributed by atoms with Crippen LogP contribution in [0, 0.1) is 10.1 Å². The molecular formula is C14H20N4O5S. The van der Waals surface area contributed by atoms with Gasteiger partial charge in [-0.3, -0.25) is 15.0 Å². The predicted octanol–water partition coefficient (Wildman–Crippen LogP) is 0.499. The minimum absolute atomic E-state index is 0.282. The van der Waals surface area contributed by atoms with E-state index < -0.39 is 14.9 Å². The average Bonchev–Trinajstić information content (AvgIpc) is 3.37. The van der Waals surface area contributed by atoms with E-state index in [-0.39, 0.29) is 16.8 Å². The third-order valence-electron chi connectivity index (χ3n) is 4.43. The Morgan fingerprint density at radius 2 is 2.12 bits per heavy atom. The van der Waals surface area contributed by atoms with Crippen molar-refractivity contribution in [3.8, 4) is 0 Å². The van der Waals surface area contributed by atoms with Crippen molar-refractivity contribution in [1.29, 1.82) is 0 Å². The smallest absolute Gasteiger partial charge is 0.293 e. The molecule has 132 valence electrons. The van der Waals surface area contributed by atoms with E-state index in [0.717, 1.165) is 12.6 Å². The lowest BCUT2D eigenvalue weighted by Crippen LogP contribution is -2.50. The number of morpholine rings is 1. The molecule has 1 aliphatic heterocycles. The number of hydrogen-bond acceptors (Lipinski definition) is 7. The summed E-state index contributed by atoms with van der Waals surface area (Å²) >= 11 is 0. The first-order valence-corrected chi connectivity index (χ1v) is 9.22. The molecule has 10 heteroatoms. The Morgan fingerprint density at radius 3 is 2.71 bits per heavy atom. The number of hydrogen-bond donors (Lipinski definition) is 1. The van der Waals surface area contributed by atoms with Gasteiger partial charge in [0, 0.05) is 32.2 Å². The van der Waals surface area contributed by atoms with E-state index in [0.29, 0.717) is 24.9 Å². The highest BCUT2D eigenvalue weighted by molar-refractivity contribution is 7.89. The molecule has 0 spiro atoms. The Labute approximate surface area is 140 Å². The molecule has 0 bridgehead atoms. The van der Waals surface area contributed by atoms with Crippen molar-refractivity contribution < 1.29 is 18.1 Å². The van der Waals surface area contributed by atoms with Crippen LogP contribution in [0.4, 0.5) is 11.4 Å². The van der Waals surface area contributed by atoms with Gasteiger partial charge in [-0.15, -0.1) is 0 Å². The number of benzene rings is 1. The highest BCUT2D eigenvalue weighted by Gasteiger charge is 2.35. The number of nitrogens with two attached hydrogens (primary N) is 1. The molecule has 1 aromatic rings. The van der Waals surface area contributed by atoms with Crippen LogP contribution in [0.1, 0.15) is 12.8 Å². The van der Waals surface area contributed by atoms with Crippen LogP contribution in [0.3, 0.4) is 0 Å². The maximum atomic E-state index is 11.4.